The molecule has 0 unspecified atom stereocenters. The van der Waals surface area contributed by atoms with Crippen molar-refractivity contribution in [3.63, 3.8) is 0 Å². The molecule has 4 fully saturated rings. The Balaban J connectivity index is 1.66. The van der Waals surface area contributed by atoms with E-state index in [9.17, 15) is 0 Å². The number of aryl methyl sites for hydroxylation is 1. The number of nitrogens with zero attached hydrogens (tertiary/aromatic N) is 2. The van der Waals surface area contributed by atoms with Crippen molar-refractivity contribution < 1.29 is 0 Å². The molecule has 1 aromatic rings. The van der Waals surface area contributed by atoms with Gasteiger partial charge in [0.2, 0.25) is 0 Å². The Morgan fingerprint density at radius 1 is 0.950 bits per heavy atom. The number of nitrogens with one attached hydrogen (secondary N) is 1. The van der Waals surface area contributed by atoms with Gasteiger partial charge in [-0.25, -0.2) is 9.97 Å². The standard InChI is InChI=1S/C17H23N3/c1-10-19-15-9-18-8-14(15)16(20-10)17-5-11-2-12(6-17)4-13(3-11)7-17/h11-13,18H,2-9H2,1H3. The molecule has 106 valence electrons. The molecule has 6 rings (SSSR count). The highest BCUT2D eigenvalue weighted by Crippen LogP contribution is 2.61. The smallest absolute Gasteiger partial charge is 0.125 e. The molecule has 4 saturated carbocycles. The summed E-state index contributed by atoms with van der Waals surface area (Å²) in [4.78, 5) is 9.65. The van der Waals surface area contributed by atoms with Gasteiger partial charge in [0.05, 0.1) is 11.4 Å². The molecule has 0 amide bonds. The van der Waals surface area contributed by atoms with E-state index in [1.807, 2.05) is 0 Å². The Morgan fingerprint density at radius 2 is 1.60 bits per heavy atom. The monoisotopic (exact) mass is 269 g/mol. The predicted octanol–water partition coefficient (Wildman–Crippen LogP) is 2.86. The molecule has 4 bridgehead atoms. The molecule has 0 aromatic carbocycles. The lowest BCUT2D eigenvalue weighted by Gasteiger charge is -2.56. The summed E-state index contributed by atoms with van der Waals surface area (Å²) in [7, 11) is 0. The van der Waals surface area contributed by atoms with E-state index in [0.29, 0.717) is 5.41 Å². The molecule has 0 atom stereocenters. The minimum atomic E-state index is 0.415. The van der Waals surface area contributed by atoms with Crippen LogP contribution in [0.25, 0.3) is 0 Å². The molecule has 2 heterocycles. The summed E-state index contributed by atoms with van der Waals surface area (Å²) in [5.41, 5.74) is 4.60. The van der Waals surface area contributed by atoms with E-state index in [1.165, 1.54) is 55.5 Å². The molecule has 0 spiro atoms. The van der Waals surface area contributed by atoms with Gasteiger partial charge in [-0.1, -0.05) is 0 Å². The lowest BCUT2D eigenvalue weighted by Crippen LogP contribution is -2.49. The number of hydrogen-bond acceptors (Lipinski definition) is 3. The van der Waals surface area contributed by atoms with Crippen LogP contribution < -0.4 is 5.32 Å². The normalized spacial score (nSPS) is 41.1. The Morgan fingerprint density at radius 3 is 2.25 bits per heavy atom. The van der Waals surface area contributed by atoms with Crippen LogP contribution in [0.2, 0.25) is 0 Å². The minimum absolute atomic E-state index is 0.415. The number of rotatable bonds is 1. The van der Waals surface area contributed by atoms with E-state index in [0.717, 1.165) is 36.7 Å². The molecule has 5 aliphatic rings. The zero-order chi connectivity index (χ0) is 13.3. The molecule has 20 heavy (non-hydrogen) atoms. The van der Waals surface area contributed by atoms with Crippen LogP contribution in [0, 0.1) is 24.7 Å². The van der Waals surface area contributed by atoms with Crippen molar-refractivity contribution in [1.82, 2.24) is 15.3 Å². The fourth-order valence-electron chi connectivity index (χ4n) is 6.13. The van der Waals surface area contributed by atoms with Crippen molar-refractivity contribution in [2.24, 2.45) is 17.8 Å². The number of fused-ring (bicyclic) bond motifs is 1. The van der Waals surface area contributed by atoms with Crippen LogP contribution in [0.5, 0.6) is 0 Å². The van der Waals surface area contributed by atoms with Gasteiger partial charge < -0.3 is 5.32 Å². The fourth-order valence-corrected chi connectivity index (χ4v) is 6.13. The average molecular weight is 269 g/mol. The van der Waals surface area contributed by atoms with Crippen LogP contribution in [-0.2, 0) is 18.5 Å². The Hall–Kier alpha value is -0.960. The van der Waals surface area contributed by atoms with Crippen LogP contribution in [0.4, 0.5) is 0 Å². The summed E-state index contributed by atoms with van der Waals surface area (Å²) in [6.07, 6.45) is 8.73. The minimum Gasteiger partial charge on any atom is -0.307 e. The van der Waals surface area contributed by atoms with Crippen molar-refractivity contribution >= 4 is 0 Å². The fraction of sp³-hybridized carbons (Fsp3) is 0.765. The zero-order valence-corrected chi connectivity index (χ0v) is 12.3. The summed E-state index contributed by atoms with van der Waals surface area (Å²) in [5.74, 6) is 3.95. The van der Waals surface area contributed by atoms with E-state index < -0.39 is 0 Å². The van der Waals surface area contributed by atoms with Gasteiger partial charge in [-0.2, -0.15) is 0 Å². The second kappa shape index (κ2) is 3.82. The topological polar surface area (TPSA) is 37.8 Å². The van der Waals surface area contributed by atoms with Crippen molar-refractivity contribution in [2.75, 3.05) is 0 Å². The number of aromatic nitrogens is 2. The second-order valence-corrected chi connectivity index (χ2v) is 7.85. The average Bonchev–Trinajstić information content (AvgIpc) is 2.83. The number of hydrogen-bond donors (Lipinski definition) is 1. The van der Waals surface area contributed by atoms with Gasteiger partial charge in [0.1, 0.15) is 5.82 Å². The van der Waals surface area contributed by atoms with Gasteiger partial charge in [-0.15, -0.1) is 0 Å². The van der Waals surface area contributed by atoms with Crippen molar-refractivity contribution in [3.05, 3.63) is 22.8 Å². The molecule has 0 saturated heterocycles. The predicted molar refractivity (Wildman–Crippen MR) is 77.2 cm³/mol. The molecular formula is C17H23N3. The lowest BCUT2D eigenvalue weighted by molar-refractivity contribution is -0.00775. The zero-order valence-electron chi connectivity index (χ0n) is 12.3. The second-order valence-electron chi connectivity index (χ2n) is 7.85. The van der Waals surface area contributed by atoms with Crippen molar-refractivity contribution in [2.45, 2.75) is 64.0 Å². The third kappa shape index (κ3) is 1.50. The highest BCUT2D eigenvalue weighted by atomic mass is 15.0. The first-order valence-electron chi connectivity index (χ1n) is 8.29. The van der Waals surface area contributed by atoms with E-state index >= 15 is 0 Å². The highest BCUT2D eigenvalue weighted by Gasteiger charge is 2.53. The largest absolute Gasteiger partial charge is 0.307 e. The van der Waals surface area contributed by atoms with Crippen LogP contribution in [0.3, 0.4) is 0 Å². The molecule has 1 aromatic heterocycles. The van der Waals surface area contributed by atoms with Crippen molar-refractivity contribution in [3.8, 4) is 0 Å². The molecule has 1 aliphatic heterocycles. The van der Waals surface area contributed by atoms with Crippen LogP contribution >= 0.6 is 0 Å². The van der Waals surface area contributed by atoms with Gasteiger partial charge in [0.15, 0.2) is 0 Å². The molecular weight excluding hydrogens is 246 g/mol. The summed E-state index contributed by atoms with van der Waals surface area (Å²) in [6.45, 7) is 4.01. The van der Waals surface area contributed by atoms with E-state index in [2.05, 4.69) is 17.2 Å². The summed E-state index contributed by atoms with van der Waals surface area (Å²) in [5, 5.41) is 3.48. The van der Waals surface area contributed by atoms with Gasteiger partial charge in [0, 0.05) is 24.1 Å². The Kier molecular flexibility index (Phi) is 2.23. The van der Waals surface area contributed by atoms with Gasteiger partial charge >= 0.3 is 0 Å². The quantitative estimate of drug-likeness (QED) is 0.852. The Labute approximate surface area is 120 Å². The summed E-state index contributed by atoms with van der Waals surface area (Å²) >= 11 is 0. The molecule has 3 nitrogen and oxygen atoms in total. The van der Waals surface area contributed by atoms with Gasteiger partial charge in [-0.05, 0) is 63.2 Å². The maximum atomic E-state index is 4.98. The van der Waals surface area contributed by atoms with E-state index in [-0.39, 0.29) is 0 Å². The molecule has 1 N–H and O–H groups in total. The van der Waals surface area contributed by atoms with E-state index in [1.54, 1.807) is 0 Å². The molecule has 3 heteroatoms. The highest BCUT2D eigenvalue weighted by molar-refractivity contribution is 5.36. The first kappa shape index (κ1) is 11.7. The maximum Gasteiger partial charge on any atom is 0.125 e. The van der Waals surface area contributed by atoms with Crippen LogP contribution in [0.15, 0.2) is 0 Å². The van der Waals surface area contributed by atoms with Crippen LogP contribution in [0.1, 0.15) is 61.3 Å². The van der Waals surface area contributed by atoms with E-state index in [4.69, 9.17) is 4.98 Å². The SMILES string of the molecule is Cc1nc2c(c(C34CC5CC(CC(C5)C3)C4)n1)CNC2. The lowest BCUT2D eigenvalue weighted by atomic mass is 9.48. The third-order valence-electron chi connectivity index (χ3n) is 6.34. The maximum absolute atomic E-state index is 4.98. The Bertz CT molecular complexity index is 543. The first-order valence-corrected chi connectivity index (χ1v) is 8.29. The first-order chi connectivity index (χ1) is 9.72. The van der Waals surface area contributed by atoms with Gasteiger partial charge in [0.25, 0.3) is 0 Å². The van der Waals surface area contributed by atoms with Gasteiger partial charge in [-0.3, -0.25) is 0 Å². The molecule has 0 radical (unpaired) electrons. The summed E-state index contributed by atoms with van der Waals surface area (Å²) < 4.78 is 0. The summed E-state index contributed by atoms with van der Waals surface area (Å²) in [6, 6.07) is 0. The molecule has 4 aliphatic carbocycles. The van der Waals surface area contributed by atoms with Crippen LogP contribution in [-0.4, -0.2) is 9.97 Å². The van der Waals surface area contributed by atoms with Crippen molar-refractivity contribution in [1.29, 1.82) is 0 Å². The third-order valence-corrected chi connectivity index (χ3v) is 6.34.